The predicted molar refractivity (Wildman–Crippen MR) is 112 cm³/mol. The van der Waals surface area contributed by atoms with Crippen molar-refractivity contribution in [3.63, 3.8) is 0 Å². The molecular formula is C22H24N2OP+. The van der Waals surface area contributed by atoms with Crippen molar-refractivity contribution >= 4 is 29.2 Å². The molecule has 3 rings (SSSR count). The van der Waals surface area contributed by atoms with Gasteiger partial charge in [0.1, 0.15) is 29.5 Å². The van der Waals surface area contributed by atoms with E-state index in [0.717, 1.165) is 0 Å². The van der Waals surface area contributed by atoms with E-state index < -0.39 is 7.26 Å². The van der Waals surface area contributed by atoms with Crippen LogP contribution < -0.4 is 21.2 Å². The minimum atomic E-state index is -2.01. The van der Waals surface area contributed by atoms with Gasteiger partial charge in [0.05, 0.1) is 0 Å². The van der Waals surface area contributed by atoms with Crippen molar-refractivity contribution in [2.45, 2.75) is 0 Å². The molecule has 2 amide bonds. The molecule has 0 aliphatic carbocycles. The number of nitrogens with zero attached hydrogens (tertiary/aromatic N) is 1. The van der Waals surface area contributed by atoms with Crippen molar-refractivity contribution in [1.82, 2.24) is 10.2 Å². The fourth-order valence-electron chi connectivity index (χ4n) is 3.11. The average Bonchev–Trinajstić information content (AvgIpc) is 2.70. The highest BCUT2D eigenvalue weighted by Crippen LogP contribution is 2.54. The molecule has 0 bridgehead atoms. The molecule has 0 unspecified atom stereocenters. The molecule has 0 spiro atoms. The molecule has 3 nitrogen and oxygen atoms in total. The van der Waals surface area contributed by atoms with Gasteiger partial charge in [0.2, 0.25) is 0 Å². The summed E-state index contributed by atoms with van der Waals surface area (Å²) in [5.41, 5.74) is 0. The summed E-state index contributed by atoms with van der Waals surface area (Å²) >= 11 is 0. The number of nitrogens with one attached hydrogen (secondary N) is 1. The van der Waals surface area contributed by atoms with E-state index in [-0.39, 0.29) is 6.03 Å². The molecule has 1 N–H and O–H groups in total. The Morgan fingerprint density at radius 1 is 0.731 bits per heavy atom. The first-order valence-corrected chi connectivity index (χ1v) is 10.6. The van der Waals surface area contributed by atoms with E-state index in [1.165, 1.54) is 15.9 Å². The van der Waals surface area contributed by atoms with Crippen LogP contribution in [0.3, 0.4) is 0 Å². The molecule has 0 aromatic heterocycles. The maximum atomic E-state index is 12.3. The van der Waals surface area contributed by atoms with Crippen LogP contribution in [0.2, 0.25) is 0 Å². The Bertz CT molecular complexity index is 739. The number of benzene rings is 3. The molecule has 132 valence electrons. The number of hydrogen-bond acceptors (Lipinski definition) is 1. The van der Waals surface area contributed by atoms with Crippen LogP contribution in [0.4, 0.5) is 4.79 Å². The number of rotatable bonds is 5. The van der Waals surface area contributed by atoms with Crippen LogP contribution in [0.25, 0.3) is 0 Å². The number of carbonyl (C=O) groups excluding carboxylic acids is 1. The minimum Gasteiger partial charge on any atom is -0.331 e. The third-order valence-electron chi connectivity index (χ3n) is 4.46. The summed E-state index contributed by atoms with van der Waals surface area (Å²) in [4.78, 5) is 13.9. The summed E-state index contributed by atoms with van der Waals surface area (Å²) in [7, 11) is 1.53. The number of hydrogen-bond donors (Lipinski definition) is 1. The lowest BCUT2D eigenvalue weighted by molar-refractivity contribution is 0.219. The third kappa shape index (κ3) is 3.63. The largest absolute Gasteiger partial charge is 0.331 e. The highest BCUT2D eigenvalue weighted by molar-refractivity contribution is 7.95. The van der Waals surface area contributed by atoms with Gasteiger partial charge in [-0.15, -0.1) is 0 Å². The molecule has 26 heavy (non-hydrogen) atoms. The summed E-state index contributed by atoms with van der Waals surface area (Å²) < 4.78 is 0. The smallest absolute Gasteiger partial charge is 0.319 e. The van der Waals surface area contributed by atoms with E-state index in [2.05, 4.69) is 78.1 Å². The van der Waals surface area contributed by atoms with Gasteiger partial charge in [0, 0.05) is 14.1 Å². The van der Waals surface area contributed by atoms with E-state index in [1.807, 2.05) is 18.2 Å². The maximum Gasteiger partial charge on any atom is 0.319 e. The summed E-state index contributed by atoms with van der Waals surface area (Å²) in [6, 6.07) is 31.5. The molecule has 0 aliphatic rings. The fourth-order valence-corrected chi connectivity index (χ4v) is 6.97. The van der Waals surface area contributed by atoms with Gasteiger partial charge in [-0.3, -0.25) is 0 Å². The molecule has 0 heterocycles. The van der Waals surface area contributed by atoms with Crippen molar-refractivity contribution in [2.75, 3.05) is 20.4 Å². The van der Waals surface area contributed by atoms with E-state index in [0.29, 0.717) is 6.29 Å². The lowest BCUT2D eigenvalue weighted by Crippen LogP contribution is -2.42. The second-order valence-electron chi connectivity index (χ2n) is 6.35. The SMILES string of the molecule is CN(C)C(=O)NC[P+](c1ccccc1)(c1ccccc1)c1ccccc1. The van der Waals surface area contributed by atoms with E-state index in [1.54, 1.807) is 19.0 Å². The van der Waals surface area contributed by atoms with E-state index in [9.17, 15) is 4.79 Å². The average molecular weight is 363 g/mol. The molecule has 0 aliphatic heterocycles. The van der Waals surface area contributed by atoms with E-state index >= 15 is 0 Å². The van der Waals surface area contributed by atoms with Gasteiger partial charge < -0.3 is 10.2 Å². The monoisotopic (exact) mass is 363 g/mol. The van der Waals surface area contributed by atoms with Crippen LogP contribution >= 0.6 is 7.26 Å². The summed E-state index contributed by atoms with van der Waals surface area (Å²) in [6.45, 7) is 0. The van der Waals surface area contributed by atoms with Crippen LogP contribution in [-0.2, 0) is 0 Å². The highest BCUT2D eigenvalue weighted by Gasteiger charge is 2.45. The van der Waals surface area contributed by atoms with Gasteiger partial charge in [0.15, 0.2) is 0 Å². The Kier molecular flexibility index (Phi) is 5.70. The van der Waals surface area contributed by atoms with Crippen LogP contribution in [0.1, 0.15) is 0 Å². The lowest BCUT2D eigenvalue weighted by atomic mass is 10.4. The van der Waals surface area contributed by atoms with Gasteiger partial charge in [-0.05, 0) is 36.4 Å². The molecule has 0 fully saturated rings. The third-order valence-corrected chi connectivity index (χ3v) is 8.64. The normalized spacial score (nSPS) is 11.0. The Morgan fingerprint density at radius 3 is 1.38 bits per heavy atom. The lowest BCUT2D eigenvalue weighted by Gasteiger charge is -2.28. The molecular weight excluding hydrogens is 339 g/mol. The second-order valence-corrected chi connectivity index (χ2v) is 9.84. The van der Waals surface area contributed by atoms with E-state index in [4.69, 9.17) is 0 Å². The van der Waals surface area contributed by atoms with Crippen LogP contribution in [0, 0.1) is 0 Å². The topological polar surface area (TPSA) is 32.3 Å². The maximum absolute atomic E-state index is 12.3. The van der Waals surface area contributed by atoms with Crippen LogP contribution in [0.15, 0.2) is 91.0 Å². The number of carbonyl (C=O) groups is 1. The van der Waals surface area contributed by atoms with Crippen LogP contribution in [-0.4, -0.2) is 31.3 Å². The van der Waals surface area contributed by atoms with Gasteiger partial charge in [0.25, 0.3) is 0 Å². The summed E-state index contributed by atoms with van der Waals surface area (Å²) in [6.07, 6.45) is 0.585. The van der Waals surface area contributed by atoms with Gasteiger partial charge in [-0.1, -0.05) is 54.6 Å². The minimum absolute atomic E-state index is 0.0721. The van der Waals surface area contributed by atoms with Crippen molar-refractivity contribution < 1.29 is 4.79 Å². The molecule has 4 heteroatoms. The Balaban J connectivity index is 2.19. The molecule has 0 saturated heterocycles. The molecule has 0 atom stereocenters. The molecule has 0 saturated carbocycles. The number of urea groups is 1. The molecule has 0 radical (unpaired) electrons. The van der Waals surface area contributed by atoms with Crippen molar-refractivity contribution in [3.05, 3.63) is 91.0 Å². The zero-order valence-corrected chi connectivity index (χ0v) is 16.1. The fraction of sp³-hybridized carbons (Fsp3) is 0.136. The van der Waals surface area contributed by atoms with Crippen molar-refractivity contribution in [3.8, 4) is 0 Å². The van der Waals surface area contributed by atoms with Crippen molar-refractivity contribution in [2.24, 2.45) is 0 Å². The van der Waals surface area contributed by atoms with Crippen LogP contribution in [0.5, 0.6) is 0 Å². The Morgan fingerprint density at radius 2 is 1.08 bits per heavy atom. The first-order valence-electron chi connectivity index (χ1n) is 8.64. The standard InChI is InChI=1S/C22H23N2OP/c1-24(2)22(25)23-18-26(19-12-6-3-7-13-19,20-14-8-4-9-15-20)21-16-10-5-11-17-21/h3-17H,18H2,1-2H3/p+1. The van der Waals surface area contributed by atoms with Gasteiger partial charge >= 0.3 is 6.03 Å². The quantitative estimate of drug-likeness (QED) is 0.694. The zero-order chi connectivity index (χ0) is 18.4. The van der Waals surface area contributed by atoms with Gasteiger partial charge in [-0.2, -0.15) is 0 Å². The molecule has 3 aromatic rings. The Labute approximate surface area is 156 Å². The molecule has 3 aromatic carbocycles. The van der Waals surface area contributed by atoms with Crippen molar-refractivity contribution in [1.29, 1.82) is 0 Å². The van der Waals surface area contributed by atoms with Gasteiger partial charge in [-0.25, -0.2) is 4.79 Å². The summed E-state index contributed by atoms with van der Waals surface area (Å²) in [5.74, 6) is 0. The number of amides is 2. The first-order chi connectivity index (χ1) is 12.6. The summed E-state index contributed by atoms with van der Waals surface area (Å²) in [5, 5.41) is 6.94. The predicted octanol–water partition coefficient (Wildman–Crippen LogP) is 3.21. The second kappa shape index (κ2) is 8.16. The highest BCUT2D eigenvalue weighted by atomic mass is 31.2. The zero-order valence-electron chi connectivity index (χ0n) is 15.2. The first kappa shape index (κ1) is 18.2. The Hall–Kier alpha value is -2.64.